The number of amides is 1. The van der Waals surface area contributed by atoms with E-state index in [-0.39, 0.29) is 17.7 Å². The van der Waals surface area contributed by atoms with Crippen molar-refractivity contribution < 1.29 is 9.32 Å². The number of aromatic amines is 1. The van der Waals surface area contributed by atoms with Crippen molar-refractivity contribution in [3.05, 3.63) is 77.4 Å². The Morgan fingerprint density at radius 1 is 1.14 bits per heavy atom. The van der Waals surface area contributed by atoms with Crippen LogP contribution in [0.1, 0.15) is 33.7 Å². The summed E-state index contributed by atoms with van der Waals surface area (Å²) < 4.78 is 4.96. The molecule has 3 aromatic heterocycles. The number of carbonyl (C=O) groups excluding carboxylic acids is 1. The second-order valence-electron chi connectivity index (χ2n) is 6.77. The molecule has 1 aliphatic heterocycles. The van der Waals surface area contributed by atoms with E-state index in [0.29, 0.717) is 24.6 Å². The normalized spacial score (nSPS) is 19.2. The molecule has 1 aliphatic rings. The molecule has 4 heterocycles. The molecule has 5 rings (SSSR count). The van der Waals surface area contributed by atoms with Gasteiger partial charge in [-0.3, -0.25) is 9.89 Å². The predicted molar refractivity (Wildman–Crippen MR) is 104 cm³/mol. The van der Waals surface area contributed by atoms with Crippen LogP contribution in [0.2, 0.25) is 0 Å². The lowest BCUT2D eigenvalue weighted by molar-refractivity contribution is 0.0783. The summed E-state index contributed by atoms with van der Waals surface area (Å²) >= 11 is 1.61. The highest BCUT2D eigenvalue weighted by Crippen LogP contribution is 2.38. The zero-order valence-electron chi connectivity index (χ0n) is 14.9. The number of aromatic nitrogens is 4. The van der Waals surface area contributed by atoms with Crippen molar-refractivity contribution in [3.8, 4) is 10.6 Å². The first-order valence-corrected chi connectivity index (χ1v) is 9.87. The highest BCUT2D eigenvalue weighted by atomic mass is 32.1. The molecule has 1 aromatic carbocycles. The van der Waals surface area contributed by atoms with Crippen LogP contribution in [0.5, 0.6) is 0 Å². The van der Waals surface area contributed by atoms with Crippen molar-refractivity contribution in [1.29, 1.82) is 0 Å². The van der Waals surface area contributed by atoms with Gasteiger partial charge >= 0.3 is 0 Å². The SMILES string of the molecule is O=C(c1cc(-c2cccs2)[nH]n1)N1C[C@H](c2ccccc2)[C@@H](c2ncon2)C1. The number of carbonyl (C=O) groups is 1. The van der Waals surface area contributed by atoms with E-state index in [1.807, 2.05) is 46.7 Å². The van der Waals surface area contributed by atoms with E-state index in [9.17, 15) is 4.79 Å². The topological polar surface area (TPSA) is 87.9 Å². The van der Waals surface area contributed by atoms with Crippen LogP contribution in [0.4, 0.5) is 0 Å². The Balaban J connectivity index is 1.42. The number of nitrogens with one attached hydrogen (secondary N) is 1. The lowest BCUT2D eigenvalue weighted by atomic mass is 9.88. The van der Waals surface area contributed by atoms with Gasteiger partial charge in [-0.2, -0.15) is 10.1 Å². The summed E-state index contributed by atoms with van der Waals surface area (Å²) in [5.74, 6) is 0.635. The molecule has 0 radical (unpaired) electrons. The molecule has 8 heteroatoms. The van der Waals surface area contributed by atoms with Gasteiger partial charge in [-0.1, -0.05) is 41.6 Å². The van der Waals surface area contributed by atoms with E-state index in [1.54, 1.807) is 11.3 Å². The summed E-state index contributed by atoms with van der Waals surface area (Å²) in [7, 11) is 0. The molecule has 7 nitrogen and oxygen atoms in total. The van der Waals surface area contributed by atoms with Gasteiger partial charge in [0.05, 0.1) is 10.6 Å². The van der Waals surface area contributed by atoms with E-state index in [4.69, 9.17) is 4.52 Å². The minimum Gasteiger partial charge on any atom is -0.343 e. The number of hydrogen-bond acceptors (Lipinski definition) is 6. The Bertz CT molecular complexity index is 1060. The Morgan fingerprint density at radius 3 is 2.75 bits per heavy atom. The smallest absolute Gasteiger partial charge is 0.274 e. The minimum absolute atomic E-state index is 0.0131. The van der Waals surface area contributed by atoms with Crippen LogP contribution < -0.4 is 0 Å². The first-order valence-electron chi connectivity index (χ1n) is 8.99. The number of nitrogens with zero attached hydrogens (tertiary/aromatic N) is 4. The van der Waals surface area contributed by atoms with Crippen LogP contribution in [-0.4, -0.2) is 44.2 Å². The summed E-state index contributed by atoms with van der Waals surface area (Å²) in [4.78, 5) is 20.2. The van der Waals surface area contributed by atoms with Crippen LogP contribution in [0.15, 0.2) is 64.8 Å². The maximum absolute atomic E-state index is 13.1. The molecule has 1 amide bonds. The summed E-state index contributed by atoms with van der Waals surface area (Å²) in [6, 6.07) is 15.9. The second kappa shape index (κ2) is 7.05. The molecule has 0 saturated carbocycles. The molecule has 0 bridgehead atoms. The van der Waals surface area contributed by atoms with E-state index in [1.165, 1.54) is 6.39 Å². The lowest BCUT2D eigenvalue weighted by Crippen LogP contribution is -2.29. The fourth-order valence-corrected chi connectivity index (χ4v) is 4.46. The highest BCUT2D eigenvalue weighted by molar-refractivity contribution is 7.13. The van der Waals surface area contributed by atoms with Gasteiger partial charge < -0.3 is 9.42 Å². The third kappa shape index (κ3) is 3.01. The Labute approximate surface area is 165 Å². The Morgan fingerprint density at radius 2 is 2.00 bits per heavy atom. The van der Waals surface area contributed by atoms with E-state index in [0.717, 1.165) is 16.1 Å². The maximum Gasteiger partial charge on any atom is 0.274 e. The molecule has 1 saturated heterocycles. The van der Waals surface area contributed by atoms with Crippen molar-refractivity contribution in [1.82, 2.24) is 25.2 Å². The van der Waals surface area contributed by atoms with Crippen molar-refractivity contribution in [2.24, 2.45) is 0 Å². The zero-order chi connectivity index (χ0) is 18.9. The van der Waals surface area contributed by atoms with Gasteiger partial charge in [-0.25, -0.2) is 0 Å². The molecule has 2 atom stereocenters. The molecular formula is C20H17N5O2S. The van der Waals surface area contributed by atoms with Crippen LogP contribution in [0.3, 0.4) is 0 Å². The van der Waals surface area contributed by atoms with Gasteiger partial charge in [0.2, 0.25) is 6.39 Å². The second-order valence-corrected chi connectivity index (χ2v) is 7.72. The minimum atomic E-state index is -0.0917. The first-order chi connectivity index (χ1) is 13.8. The largest absolute Gasteiger partial charge is 0.343 e. The lowest BCUT2D eigenvalue weighted by Gasteiger charge is -2.15. The molecule has 0 unspecified atom stereocenters. The fourth-order valence-electron chi connectivity index (χ4n) is 3.76. The quantitative estimate of drug-likeness (QED) is 0.575. The van der Waals surface area contributed by atoms with Crippen LogP contribution in [-0.2, 0) is 0 Å². The van der Waals surface area contributed by atoms with Crippen molar-refractivity contribution in [3.63, 3.8) is 0 Å². The van der Waals surface area contributed by atoms with Gasteiger partial charge in [-0.15, -0.1) is 11.3 Å². The van der Waals surface area contributed by atoms with Gasteiger partial charge in [-0.05, 0) is 23.1 Å². The standard InChI is InChI=1S/C20H17N5O2S/c26-20(17-9-16(22-23-17)18-7-4-8-28-18)25-10-14(13-5-2-1-3-6-13)15(11-25)19-21-12-27-24-19/h1-9,12,14-15H,10-11H2,(H,22,23)/t14-,15+/m1/s1. The molecule has 0 spiro atoms. The molecule has 1 fully saturated rings. The zero-order valence-corrected chi connectivity index (χ0v) is 15.7. The highest BCUT2D eigenvalue weighted by Gasteiger charge is 2.40. The summed E-state index contributed by atoms with van der Waals surface area (Å²) in [6.07, 6.45) is 1.34. The number of benzene rings is 1. The van der Waals surface area contributed by atoms with E-state index in [2.05, 4.69) is 32.5 Å². The summed E-state index contributed by atoms with van der Waals surface area (Å²) in [5.41, 5.74) is 2.43. The third-order valence-electron chi connectivity index (χ3n) is 5.13. The fraction of sp³-hybridized carbons (Fsp3) is 0.200. The van der Waals surface area contributed by atoms with Crippen molar-refractivity contribution in [2.45, 2.75) is 11.8 Å². The van der Waals surface area contributed by atoms with Gasteiger partial charge in [0.15, 0.2) is 11.5 Å². The van der Waals surface area contributed by atoms with Gasteiger partial charge in [0.25, 0.3) is 5.91 Å². The van der Waals surface area contributed by atoms with Crippen LogP contribution in [0.25, 0.3) is 10.6 Å². The molecule has 4 aromatic rings. The first kappa shape index (κ1) is 16.9. The molecular weight excluding hydrogens is 374 g/mol. The Kier molecular flexibility index (Phi) is 4.25. The molecule has 140 valence electrons. The number of thiophene rings is 1. The molecule has 1 N–H and O–H groups in total. The van der Waals surface area contributed by atoms with Gasteiger partial charge in [0.1, 0.15) is 0 Å². The van der Waals surface area contributed by atoms with Crippen molar-refractivity contribution >= 4 is 17.2 Å². The molecule has 0 aliphatic carbocycles. The number of hydrogen-bond donors (Lipinski definition) is 1. The molecule has 28 heavy (non-hydrogen) atoms. The van der Waals surface area contributed by atoms with Crippen molar-refractivity contribution in [2.75, 3.05) is 13.1 Å². The summed E-state index contributed by atoms with van der Waals surface area (Å²) in [6.45, 7) is 1.11. The average Bonchev–Trinajstić information content (AvgIpc) is 3.53. The van der Waals surface area contributed by atoms with Crippen LogP contribution >= 0.6 is 11.3 Å². The van der Waals surface area contributed by atoms with E-state index >= 15 is 0 Å². The average molecular weight is 391 g/mol. The van der Waals surface area contributed by atoms with Gasteiger partial charge in [0, 0.05) is 24.9 Å². The maximum atomic E-state index is 13.1. The monoisotopic (exact) mass is 391 g/mol. The Hall–Kier alpha value is -3.26. The summed E-state index contributed by atoms with van der Waals surface area (Å²) in [5, 5.41) is 13.2. The predicted octanol–water partition coefficient (Wildman–Crippen LogP) is 3.54. The van der Waals surface area contributed by atoms with Crippen LogP contribution in [0, 0.1) is 0 Å². The number of H-pyrrole nitrogens is 1. The third-order valence-corrected chi connectivity index (χ3v) is 6.03. The van der Waals surface area contributed by atoms with E-state index < -0.39 is 0 Å². The number of rotatable bonds is 4. The number of likely N-dealkylation sites (tertiary alicyclic amines) is 1.